The molecule has 3 heterocycles. The molecule has 0 aliphatic carbocycles. The van der Waals surface area contributed by atoms with Gasteiger partial charge in [-0.05, 0) is 36.8 Å². The van der Waals surface area contributed by atoms with Gasteiger partial charge in [0.15, 0.2) is 23.0 Å². The van der Waals surface area contributed by atoms with E-state index in [0.29, 0.717) is 11.6 Å². The summed E-state index contributed by atoms with van der Waals surface area (Å²) in [6.07, 6.45) is 1.86. The highest BCUT2D eigenvalue weighted by Gasteiger charge is 2.17. The number of hydrogen-bond acceptors (Lipinski definition) is 5. The Morgan fingerprint density at radius 2 is 2.12 bits per heavy atom. The van der Waals surface area contributed by atoms with Gasteiger partial charge in [0.2, 0.25) is 6.79 Å². The average Bonchev–Trinajstić information content (AvgIpc) is 3.26. The summed E-state index contributed by atoms with van der Waals surface area (Å²) >= 11 is 0. The smallest absolute Gasteiger partial charge is 0.315 e. The standard InChI is InChI=1S/C17H17N5O3/c1-11(12-5-6-13-14(8-12)25-10-24-13)19-17(23)18-9-16-21-20-15-4-2-3-7-22(15)16/h2-8,11H,9-10H2,1H3,(H2,18,19,23)/t11-/m1/s1. The fourth-order valence-electron chi connectivity index (χ4n) is 2.68. The first-order valence-corrected chi connectivity index (χ1v) is 7.93. The molecule has 2 aromatic heterocycles. The summed E-state index contributed by atoms with van der Waals surface area (Å²) in [7, 11) is 0. The Labute approximate surface area is 143 Å². The SMILES string of the molecule is C[C@@H](NC(=O)NCc1nnc2ccccn12)c1ccc2c(c1)OCO2. The number of benzene rings is 1. The van der Waals surface area contributed by atoms with Gasteiger partial charge in [-0.1, -0.05) is 12.1 Å². The number of rotatable bonds is 4. The highest BCUT2D eigenvalue weighted by Crippen LogP contribution is 2.34. The van der Waals surface area contributed by atoms with Gasteiger partial charge < -0.3 is 20.1 Å². The van der Waals surface area contributed by atoms with Gasteiger partial charge in [-0.3, -0.25) is 4.40 Å². The van der Waals surface area contributed by atoms with Gasteiger partial charge in [-0.2, -0.15) is 0 Å². The Kier molecular flexibility index (Phi) is 3.85. The second kappa shape index (κ2) is 6.31. The molecule has 4 rings (SSSR count). The summed E-state index contributed by atoms with van der Waals surface area (Å²) in [5.74, 6) is 2.09. The summed E-state index contributed by atoms with van der Waals surface area (Å²) in [6.45, 7) is 2.42. The van der Waals surface area contributed by atoms with Gasteiger partial charge in [0.05, 0.1) is 12.6 Å². The average molecular weight is 339 g/mol. The minimum absolute atomic E-state index is 0.176. The summed E-state index contributed by atoms with van der Waals surface area (Å²) < 4.78 is 12.5. The third-order valence-electron chi connectivity index (χ3n) is 4.04. The maximum absolute atomic E-state index is 12.2. The van der Waals surface area contributed by atoms with E-state index in [1.165, 1.54) is 0 Å². The van der Waals surface area contributed by atoms with Crippen LogP contribution >= 0.6 is 0 Å². The molecule has 0 fully saturated rings. The maximum atomic E-state index is 12.2. The number of fused-ring (bicyclic) bond motifs is 2. The highest BCUT2D eigenvalue weighted by atomic mass is 16.7. The molecule has 2 N–H and O–H groups in total. The van der Waals surface area contributed by atoms with E-state index in [9.17, 15) is 4.79 Å². The number of amides is 2. The summed E-state index contributed by atoms with van der Waals surface area (Å²) in [5, 5.41) is 13.8. The first-order chi connectivity index (χ1) is 12.2. The number of urea groups is 1. The van der Waals surface area contributed by atoms with Crippen LogP contribution in [0.15, 0.2) is 42.6 Å². The van der Waals surface area contributed by atoms with Gasteiger partial charge in [-0.25, -0.2) is 4.79 Å². The molecule has 0 unspecified atom stereocenters. The first-order valence-electron chi connectivity index (χ1n) is 7.93. The van der Waals surface area contributed by atoms with Gasteiger partial charge in [0, 0.05) is 6.20 Å². The minimum Gasteiger partial charge on any atom is -0.454 e. The Hall–Kier alpha value is -3.29. The number of aromatic nitrogens is 3. The molecule has 128 valence electrons. The van der Waals surface area contributed by atoms with E-state index in [-0.39, 0.29) is 25.4 Å². The lowest BCUT2D eigenvalue weighted by molar-refractivity contribution is 0.174. The van der Waals surface area contributed by atoms with Crippen molar-refractivity contribution in [2.45, 2.75) is 19.5 Å². The molecule has 3 aromatic rings. The zero-order valence-electron chi connectivity index (χ0n) is 13.6. The number of carbonyl (C=O) groups is 1. The van der Waals surface area contributed by atoms with Gasteiger partial charge in [0.1, 0.15) is 0 Å². The number of nitrogens with one attached hydrogen (secondary N) is 2. The van der Waals surface area contributed by atoms with E-state index in [1.807, 2.05) is 53.9 Å². The van der Waals surface area contributed by atoms with Crippen LogP contribution in [-0.4, -0.2) is 27.4 Å². The van der Waals surface area contributed by atoms with Crippen molar-refractivity contribution in [1.29, 1.82) is 0 Å². The van der Waals surface area contributed by atoms with Crippen LogP contribution in [-0.2, 0) is 6.54 Å². The van der Waals surface area contributed by atoms with E-state index in [2.05, 4.69) is 20.8 Å². The zero-order valence-corrected chi connectivity index (χ0v) is 13.6. The molecule has 1 aromatic carbocycles. The van der Waals surface area contributed by atoms with Crippen molar-refractivity contribution in [3.63, 3.8) is 0 Å². The lowest BCUT2D eigenvalue weighted by atomic mass is 10.1. The maximum Gasteiger partial charge on any atom is 0.315 e. The first kappa shape index (κ1) is 15.3. The molecule has 1 aliphatic rings. The predicted octanol–water partition coefficient (Wildman–Crippen LogP) is 2.02. The molecule has 8 heteroatoms. The topological polar surface area (TPSA) is 89.8 Å². The van der Waals surface area contributed by atoms with E-state index in [4.69, 9.17) is 9.47 Å². The molecule has 1 atom stereocenters. The molecule has 25 heavy (non-hydrogen) atoms. The Balaban J connectivity index is 1.37. The van der Waals surface area contributed by atoms with Crippen molar-refractivity contribution in [3.8, 4) is 11.5 Å². The Morgan fingerprint density at radius 3 is 3.04 bits per heavy atom. The fourth-order valence-corrected chi connectivity index (χ4v) is 2.68. The van der Waals surface area contributed by atoms with Gasteiger partial charge in [-0.15, -0.1) is 10.2 Å². The van der Waals surface area contributed by atoms with E-state index in [0.717, 1.165) is 17.0 Å². The van der Waals surface area contributed by atoms with E-state index in [1.54, 1.807) is 0 Å². The van der Waals surface area contributed by atoms with Crippen molar-refractivity contribution in [2.75, 3.05) is 6.79 Å². The second-order valence-corrected chi connectivity index (χ2v) is 5.71. The summed E-state index contributed by atoms with van der Waals surface area (Å²) in [6, 6.07) is 10.8. The lowest BCUT2D eigenvalue weighted by Gasteiger charge is -2.15. The highest BCUT2D eigenvalue weighted by molar-refractivity contribution is 5.74. The van der Waals surface area contributed by atoms with Gasteiger partial charge in [0.25, 0.3) is 0 Å². The fraction of sp³-hybridized carbons (Fsp3) is 0.235. The van der Waals surface area contributed by atoms with Crippen molar-refractivity contribution in [2.24, 2.45) is 0 Å². The van der Waals surface area contributed by atoms with Crippen LogP contribution in [0.4, 0.5) is 4.79 Å². The lowest BCUT2D eigenvalue weighted by Crippen LogP contribution is -2.37. The number of hydrogen-bond donors (Lipinski definition) is 2. The van der Waals surface area contributed by atoms with Crippen molar-refractivity contribution in [1.82, 2.24) is 25.2 Å². The van der Waals surface area contributed by atoms with Gasteiger partial charge >= 0.3 is 6.03 Å². The molecule has 0 radical (unpaired) electrons. The van der Waals surface area contributed by atoms with Crippen LogP contribution in [0.2, 0.25) is 0 Å². The normalized spacial score (nSPS) is 13.6. The van der Waals surface area contributed by atoms with Crippen molar-refractivity contribution in [3.05, 3.63) is 54.0 Å². The van der Waals surface area contributed by atoms with Crippen LogP contribution in [0, 0.1) is 0 Å². The van der Waals surface area contributed by atoms with Crippen LogP contribution < -0.4 is 20.1 Å². The van der Waals surface area contributed by atoms with Crippen LogP contribution in [0.3, 0.4) is 0 Å². The molecular weight excluding hydrogens is 322 g/mol. The third-order valence-corrected chi connectivity index (χ3v) is 4.04. The molecule has 1 aliphatic heterocycles. The minimum atomic E-state index is -0.280. The number of carbonyl (C=O) groups excluding carboxylic acids is 1. The van der Waals surface area contributed by atoms with Crippen molar-refractivity contribution >= 4 is 11.7 Å². The monoisotopic (exact) mass is 339 g/mol. The number of ether oxygens (including phenoxy) is 2. The molecule has 8 nitrogen and oxygen atoms in total. The molecule has 0 spiro atoms. The number of nitrogens with zero attached hydrogens (tertiary/aromatic N) is 3. The van der Waals surface area contributed by atoms with Crippen LogP contribution in [0.5, 0.6) is 11.5 Å². The van der Waals surface area contributed by atoms with Crippen molar-refractivity contribution < 1.29 is 14.3 Å². The Bertz CT molecular complexity index is 924. The summed E-state index contributed by atoms with van der Waals surface area (Å²) in [5.41, 5.74) is 1.68. The third kappa shape index (κ3) is 3.06. The molecule has 0 saturated heterocycles. The predicted molar refractivity (Wildman–Crippen MR) is 89.3 cm³/mol. The zero-order chi connectivity index (χ0) is 17.2. The number of pyridine rings is 1. The second-order valence-electron chi connectivity index (χ2n) is 5.71. The molecule has 2 amide bonds. The molecular formula is C17H17N5O3. The van der Waals surface area contributed by atoms with Crippen LogP contribution in [0.1, 0.15) is 24.4 Å². The molecule has 0 bridgehead atoms. The Morgan fingerprint density at radius 1 is 1.24 bits per heavy atom. The molecule has 0 saturated carbocycles. The van der Waals surface area contributed by atoms with E-state index >= 15 is 0 Å². The summed E-state index contributed by atoms with van der Waals surface area (Å²) in [4.78, 5) is 12.2. The van der Waals surface area contributed by atoms with E-state index < -0.39 is 0 Å². The quantitative estimate of drug-likeness (QED) is 0.759. The van der Waals surface area contributed by atoms with Crippen LogP contribution in [0.25, 0.3) is 5.65 Å². The largest absolute Gasteiger partial charge is 0.454 e.